The third-order valence-corrected chi connectivity index (χ3v) is 7.50. The zero-order valence-electron chi connectivity index (χ0n) is 17.6. The molecule has 2 aromatic carbocycles. The van der Waals surface area contributed by atoms with Crippen molar-refractivity contribution >= 4 is 21.8 Å². The van der Waals surface area contributed by atoms with Crippen LogP contribution in [0.25, 0.3) is 0 Å². The van der Waals surface area contributed by atoms with Gasteiger partial charge < -0.3 is 5.32 Å². The number of sulfonamides is 1. The number of aliphatic imine (C=N–C) groups is 1. The second-order valence-corrected chi connectivity index (χ2v) is 10.0. The van der Waals surface area contributed by atoms with Crippen molar-refractivity contribution in [3.63, 3.8) is 0 Å². The molecule has 0 aromatic heterocycles. The summed E-state index contributed by atoms with van der Waals surface area (Å²) in [6, 6.07) is 16.9. The van der Waals surface area contributed by atoms with E-state index >= 15 is 0 Å². The molecule has 1 aliphatic heterocycles. The van der Waals surface area contributed by atoms with E-state index in [0.717, 1.165) is 12.0 Å². The minimum Gasteiger partial charge on any atom is -0.349 e. The molecule has 1 fully saturated rings. The van der Waals surface area contributed by atoms with E-state index in [9.17, 15) is 13.2 Å². The van der Waals surface area contributed by atoms with E-state index in [-0.39, 0.29) is 29.8 Å². The van der Waals surface area contributed by atoms with Crippen LogP contribution in [-0.4, -0.2) is 26.7 Å². The molecule has 1 heterocycles. The molecule has 7 heteroatoms. The molecule has 0 spiro atoms. The Kier molecular flexibility index (Phi) is 6.70. The van der Waals surface area contributed by atoms with E-state index in [2.05, 4.69) is 27.2 Å². The molecule has 2 aromatic rings. The Hall–Kier alpha value is -2.67. The van der Waals surface area contributed by atoms with Crippen molar-refractivity contribution < 1.29 is 13.2 Å². The number of fused-ring (bicyclic) bond motifs is 1. The summed E-state index contributed by atoms with van der Waals surface area (Å²) in [7, 11) is -3.56. The quantitative estimate of drug-likeness (QED) is 0.685. The Morgan fingerprint density at radius 1 is 1.03 bits per heavy atom. The number of carbonyl (C=O) groups is 1. The van der Waals surface area contributed by atoms with E-state index in [1.807, 2.05) is 18.2 Å². The van der Waals surface area contributed by atoms with Gasteiger partial charge in [-0.05, 0) is 30.0 Å². The van der Waals surface area contributed by atoms with Gasteiger partial charge in [-0.25, -0.2) is 8.42 Å². The summed E-state index contributed by atoms with van der Waals surface area (Å²) in [4.78, 5) is 17.3. The van der Waals surface area contributed by atoms with Gasteiger partial charge in [0.15, 0.2) is 0 Å². The average Bonchev–Trinajstić information content (AvgIpc) is 3.05. The Balaban J connectivity index is 1.39. The van der Waals surface area contributed by atoms with Crippen LogP contribution in [-0.2, 0) is 14.8 Å². The molecule has 1 aliphatic carbocycles. The second kappa shape index (κ2) is 9.64. The molecule has 2 aliphatic rings. The number of hydrogen-bond donors (Lipinski definition) is 2. The summed E-state index contributed by atoms with van der Waals surface area (Å²) in [5.41, 5.74) is 1.69. The van der Waals surface area contributed by atoms with Crippen molar-refractivity contribution in [1.82, 2.24) is 10.0 Å². The third kappa shape index (κ3) is 5.34. The van der Waals surface area contributed by atoms with Crippen LogP contribution >= 0.6 is 0 Å². The van der Waals surface area contributed by atoms with Crippen molar-refractivity contribution in [2.45, 2.75) is 55.9 Å². The first-order valence-corrected chi connectivity index (χ1v) is 12.5. The number of amidine groups is 1. The summed E-state index contributed by atoms with van der Waals surface area (Å²) in [5.74, 6) is 0.886. The molecule has 0 bridgehead atoms. The number of benzene rings is 2. The van der Waals surface area contributed by atoms with E-state index in [4.69, 9.17) is 0 Å². The Labute approximate surface area is 184 Å². The van der Waals surface area contributed by atoms with Crippen LogP contribution in [0.4, 0.5) is 0 Å². The molecular formula is C24H29N3O3S. The highest BCUT2D eigenvalue weighted by molar-refractivity contribution is 7.90. The summed E-state index contributed by atoms with van der Waals surface area (Å²) in [6.07, 6.45) is 7.48. The molecule has 1 saturated carbocycles. The van der Waals surface area contributed by atoms with Crippen LogP contribution in [0.3, 0.4) is 0 Å². The molecule has 6 nitrogen and oxygen atoms in total. The van der Waals surface area contributed by atoms with Crippen LogP contribution in [0.5, 0.6) is 0 Å². The normalized spacial score (nSPS) is 20.1. The maximum absolute atomic E-state index is 12.7. The number of hydrogen-bond acceptors (Lipinski definition) is 4. The first kappa shape index (κ1) is 21.6. The van der Waals surface area contributed by atoms with Gasteiger partial charge in [0.25, 0.3) is 10.0 Å². The molecule has 1 amide bonds. The lowest BCUT2D eigenvalue weighted by Gasteiger charge is -2.27. The molecule has 1 atom stereocenters. The van der Waals surface area contributed by atoms with Crippen molar-refractivity contribution in [3.05, 3.63) is 65.7 Å². The zero-order chi connectivity index (χ0) is 21.7. The Morgan fingerprint density at radius 2 is 1.74 bits per heavy atom. The van der Waals surface area contributed by atoms with Gasteiger partial charge in [0.1, 0.15) is 5.84 Å². The maximum atomic E-state index is 12.7. The summed E-state index contributed by atoms with van der Waals surface area (Å²) in [6.45, 7) is 0.225. The average molecular weight is 440 g/mol. The molecule has 31 heavy (non-hydrogen) atoms. The number of nitrogens with one attached hydrogen (secondary N) is 2. The largest absolute Gasteiger partial charge is 0.349 e. The highest BCUT2D eigenvalue weighted by atomic mass is 32.2. The van der Waals surface area contributed by atoms with E-state index in [1.54, 1.807) is 24.3 Å². The SMILES string of the molecule is O=C(CCN=C1NS(=O)(=O)c2ccccc21)NC(CC1CCCCC1)c1ccccc1. The van der Waals surface area contributed by atoms with Gasteiger partial charge in [-0.15, -0.1) is 0 Å². The van der Waals surface area contributed by atoms with E-state index < -0.39 is 10.0 Å². The maximum Gasteiger partial charge on any atom is 0.263 e. The summed E-state index contributed by atoms with van der Waals surface area (Å²) in [5, 5.41) is 3.19. The lowest BCUT2D eigenvalue weighted by Crippen LogP contribution is -2.31. The lowest BCUT2D eigenvalue weighted by atomic mass is 9.83. The molecule has 4 rings (SSSR count). The van der Waals surface area contributed by atoms with Crippen molar-refractivity contribution in [3.8, 4) is 0 Å². The fraction of sp³-hybridized carbons (Fsp3) is 0.417. The van der Waals surface area contributed by atoms with Crippen LogP contribution < -0.4 is 10.0 Å². The van der Waals surface area contributed by atoms with Gasteiger partial charge in [-0.2, -0.15) is 0 Å². The second-order valence-electron chi connectivity index (χ2n) is 8.35. The van der Waals surface area contributed by atoms with Crippen LogP contribution in [0.15, 0.2) is 64.5 Å². The van der Waals surface area contributed by atoms with Crippen LogP contribution in [0.1, 0.15) is 62.1 Å². The van der Waals surface area contributed by atoms with Gasteiger partial charge in [0, 0.05) is 12.0 Å². The van der Waals surface area contributed by atoms with Gasteiger partial charge in [0.05, 0.1) is 17.5 Å². The molecule has 0 saturated heterocycles. The number of amides is 1. The van der Waals surface area contributed by atoms with Crippen LogP contribution in [0.2, 0.25) is 0 Å². The van der Waals surface area contributed by atoms with E-state index in [1.165, 1.54) is 32.1 Å². The summed E-state index contributed by atoms with van der Waals surface area (Å²) < 4.78 is 26.8. The fourth-order valence-corrected chi connectivity index (χ4v) is 5.76. The van der Waals surface area contributed by atoms with Gasteiger partial charge in [0.2, 0.25) is 5.91 Å². The number of rotatable bonds is 7. The Morgan fingerprint density at radius 3 is 2.52 bits per heavy atom. The van der Waals surface area contributed by atoms with Crippen molar-refractivity contribution in [2.24, 2.45) is 10.9 Å². The number of carbonyl (C=O) groups excluding carboxylic acids is 1. The third-order valence-electron chi connectivity index (χ3n) is 6.10. The standard InChI is InChI=1S/C24H29N3O3S/c28-23(15-16-25-24-20-13-7-8-14-22(20)31(29,30)27-24)26-21(19-11-5-2-6-12-19)17-18-9-3-1-4-10-18/h2,5-8,11-14,18,21H,1,3-4,9-10,15-17H2,(H,25,27)(H,26,28). The molecule has 164 valence electrons. The highest BCUT2D eigenvalue weighted by Gasteiger charge is 2.30. The molecular weight excluding hydrogens is 410 g/mol. The predicted molar refractivity (Wildman–Crippen MR) is 121 cm³/mol. The van der Waals surface area contributed by atoms with Crippen molar-refractivity contribution in [1.29, 1.82) is 0 Å². The first-order chi connectivity index (χ1) is 15.0. The van der Waals surface area contributed by atoms with Gasteiger partial charge >= 0.3 is 0 Å². The van der Waals surface area contributed by atoms with Gasteiger partial charge in [-0.3, -0.25) is 14.5 Å². The lowest BCUT2D eigenvalue weighted by molar-refractivity contribution is -0.121. The zero-order valence-corrected chi connectivity index (χ0v) is 18.4. The Bertz CT molecular complexity index is 1040. The predicted octanol–water partition coefficient (Wildman–Crippen LogP) is 3.94. The smallest absolute Gasteiger partial charge is 0.263 e. The van der Waals surface area contributed by atoms with Crippen LogP contribution in [0, 0.1) is 5.92 Å². The van der Waals surface area contributed by atoms with E-state index in [0.29, 0.717) is 17.3 Å². The van der Waals surface area contributed by atoms with Crippen molar-refractivity contribution in [2.75, 3.05) is 6.54 Å². The summed E-state index contributed by atoms with van der Waals surface area (Å²) >= 11 is 0. The monoisotopic (exact) mass is 439 g/mol. The topological polar surface area (TPSA) is 87.6 Å². The minimum atomic E-state index is -3.56. The highest BCUT2D eigenvalue weighted by Crippen LogP contribution is 2.32. The molecule has 2 N–H and O–H groups in total. The molecule has 1 unspecified atom stereocenters. The van der Waals surface area contributed by atoms with Gasteiger partial charge in [-0.1, -0.05) is 74.6 Å². The number of nitrogens with zero attached hydrogens (tertiary/aromatic N) is 1. The molecule has 0 radical (unpaired) electrons. The fourth-order valence-electron chi connectivity index (χ4n) is 4.51. The first-order valence-electron chi connectivity index (χ1n) is 11.0. The minimum absolute atomic E-state index is 0.00448.